The maximum absolute atomic E-state index is 12.2. The summed E-state index contributed by atoms with van der Waals surface area (Å²) in [6.07, 6.45) is 8.04. The molecule has 114 valence electrons. The van der Waals surface area contributed by atoms with Crippen molar-refractivity contribution < 1.29 is 4.79 Å². The molecular weight excluding hydrogens is 276 g/mol. The molecule has 0 bridgehead atoms. The van der Waals surface area contributed by atoms with E-state index in [1.807, 2.05) is 31.2 Å². The molecule has 1 aromatic heterocycles. The fourth-order valence-electron chi connectivity index (χ4n) is 2.70. The first-order chi connectivity index (χ1) is 10.7. The van der Waals surface area contributed by atoms with Crippen molar-refractivity contribution in [1.82, 2.24) is 9.97 Å². The molecule has 0 radical (unpaired) electrons. The molecule has 0 spiro atoms. The molecule has 1 heterocycles. The van der Waals surface area contributed by atoms with Crippen LogP contribution in [0.25, 0.3) is 0 Å². The van der Waals surface area contributed by atoms with E-state index >= 15 is 0 Å². The maximum Gasteiger partial charge on any atom is 0.275 e. The standard InChI is InChI=1S/C17H20N4O/c1-12-6-2-5-9-14(12)21-17(22)15-10-19-16(11-18-15)20-13-7-3-4-8-13/h2,5-6,9-11,13H,3-4,7-8H2,1H3,(H,19,20)(H,21,22). The molecule has 5 heteroatoms. The first-order valence-corrected chi connectivity index (χ1v) is 7.68. The number of amides is 1. The van der Waals surface area contributed by atoms with Gasteiger partial charge in [-0.05, 0) is 31.4 Å². The highest BCUT2D eigenvalue weighted by atomic mass is 16.1. The van der Waals surface area contributed by atoms with E-state index in [2.05, 4.69) is 20.6 Å². The minimum atomic E-state index is -0.241. The van der Waals surface area contributed by atoms with Crippen molar-refractivity contribution in [3.05, 3.63) is 47.9 Å². The summed E-state index contributed by atoms with van der Waals surface area (Å²) in [7, 11) is 0. The molecule has 1 aliphatic carbocycles. The predicted octanol–water partition coefficient (Wildman–Crippen LogP) is 3.39. The lowest BCUT2D eigenvalue weighted by atomic mass is 10.2. The molecule has 1 aromatic carbocycles. The van der Waals surface area contributed by atoms with Crippen LogP contribution in [0.4, 0.5) is 11.5 Å². The summed E-state index contributed by atoms with van der Waals surface area (Å²) in [5.74, 6) is 0.494. The van der Waals surface area contributed by atoms with Crippen molar-refractivity contribution in [2.75, 3.05) is 10.6 Å². The van der Waals surface area contributed by atoms with E-state index in [0.29, 0.717) is 11.7 Å². The van der Waals surface area contributed by atoms with Gasteiger partial charge in [-0.3, -0.25) is 4.79 Å². The van der Waals surface area contributed by atoms with Gasteiger partial charge in [-0.2, -0.15) is 0 Å². The third kappa shape index (κ3) is 3.42. The van der Waals surface area contributed by atoms with Gasteiger partial charge in [-0.1, -0.05) is 31.0 Å². The Bertz CT molecular complexity index is 648. The molecule has 1 fully saturated rings. The average Bonchev–Trinajstić information content (AvgIpc) is 3.03. The number of carbonyl (C=O) groups is 1. The first-order valence-electron chi connectivity index (χ1n) is 7.68. The molecular formula is C17H20N4O. The topological polar surface area (TPSA) is 66.9 Å². The molecule has 2 aromatic rings. The van der Waals surface area contributed by atoms with Crippen LogP contribution in [-0.4, -0.2) is 21.9 Å². The first kappa shape index (κ1) is 14.5. The van der Waals surface area contributed by atoms with Crippen molar-refractivity contribution in [2.24, 2.45) is 0 Å². The van der Waals surface area contributed by atoms with Gasteiger partial charge in [-0.15, -0.1) is 0 Å². The second kappa shape index (κ2) is 6.56. The SMILES string of the molecule is Cc1ccccc1NC(=O)c1cnc(NC2CCCC2)cn1. The van der Waals surface area contributed by atoms with Gasteiger partial charge in [0.25, 0.3) is 5.91 Å². The van der Waals surface area contributed by atoms with E-state index in [1.165, 1.54) is 31.9 Å². The zero-order chi connectivity index (χ0) is 15.4. The summed E-state index contributed by atoms with van der Waals surface area (Å²) >= 11 is 0. The number of hydrogen-bond donors (Lipinski definition) is 2. The number of aryl methyl sites for hydroxylation is 1. The second-order valence-electron chi connectivity index (χ2n) is 5.68. The van der Waals surface area contributed by atoms with Crippen LogP contribution in [0.5, 0.6) is 0 Å². The third-order valence-electron chi connectivity index (χ3n) is 3.98. The number of para-hydroxylation sites is 1. The van der Waals surface area contributed by atoms with Crippen molar-refractivity contribution in [2.45, 2.75) is 38.6 Å². The van der Waals surface area contributed by atoms with Gasteiger partial charge in [0.15, 0.2) is 0 Å². The van der Waals surface area contributed by atoms with Crippen molar-refractivity contribution in [3.8, 4) is 0 Å². The number of benzene rings is 1. The molecule has 0 atom stereocenters. The Morgan fingerprint density at radius 2 is 1.91 bits per heavy atom. The molecule has 5 nitrogen and oxygen atoms in total. The van der Waals surface area contributed by atoms with E-state index < -0.39 is 0 Å². The molecule has 0 saturated heterocycles. The van der Waals surface area contributed by atoms with Crippen LogP contribution in [0, 0.1) is 6.92 Å². The molecule has 22 heavy (non-hydrogen) atoms. The number of anilines is 2. The maximum atomic E-state index is 12.2. The van der Waals surface area contributed by atoms with Crippen LogP contribution in [0.1, 0.15) is 41.7 Å². The Labute approximate surface area is 130 Å². The lowest BCUT2D eigenvalue weighted by Gasteiger charge is -2.12. The second-order valence-corrected chi connectivity index (χ2v) is 5.68. The largest absolute Gasteiger partial charge is 0.366 e. The molecule has 0 unspecified atom stereocenters. The summed E-state index contributed by atoms with van der Waals surface area (Å²) in [5, 5.41) is 6.22. The molecule has 2 N–H and O–H groups in total. The summed E-state index contributed by atoms with van der Waals surface area (Å²) < 4.78 is 0. The quantitative estimate of drug-likeness (QED) is 0.907. The fraction of sp³-hybridized carbons (Fsp3) is 0.353. The van der Waals surface area contributed by atoms with Gasteiger partial charge in [0, 0.05) is 11.7 Å². The number of nitrogens with one attached hydrogen (secondary N) is 2. The van der Waals surface area contributed by atoms with Crippen LogP contribution >= 0.6 is 0 Å². The molecule has 1 aliphatic rings. The van der Waals surface area contributed by atoms with Crippen LogP contribution in [-0.2, 0) is 0 Å². The number of carbonyl (C=O) groups excluding carboxylic acids is 1. The summed E-state index contributed by atoms with van der Waals surface area (Å²) in [4.78, 5) is 20.7. The van der Waals surface area contributed by atoms with Gasteiger partial charge >= 0.3 is 0 Å². The van der Waals surface area contributed by atoms with E-state index in [4.69, 9.17) is 0 Å². The van der Waals surface area contributed by atoms with Gasteiger partial charge in [0.1, 0.15) is 11.5 Å². The average molecular weight is 296 g/mol. The fourth-order valence-corrected chi connectivity index (χ4v) is 2.70. The third-order valence-corrected chi connectivity index (χ3v) is 3.98. The van der Waals surface area contributed by atoms with Crippen LogP contribution < -0.4 is 10.6 Å². The van der Waals surface area contributed by atoms with Gasteiger partial charge < -0.3 is 10.6 Å². The number of aromatic nitrogens is 2. The van der Waals surface area contributed by atoms with E-state index in [-0.39, 0.29) is 5.91 Å². The Morgan fingerprint density at radius 3 is 2.59 bits per heavy atom. The van der Waals surface area contributed by atoms with Gasteiger partial charge in [0.05, 0.1) is 12.4 Å². The van der Waals surface area contributed by atoms with Crippen molar-refractivity contribution in [1.29, 1.82) is 0 Å². The number of rotatable bonds is 4. The van der Waals surface area contributed by atoms with Crippen LogP contribution in [0.15, 0.2) is 36.7 Å². The summed E-state index contributed by atoms with van der Waals surface area (Å²) in [5.41, 5.74) is 2.13. The highest BCUT2D eigenvalue weighted by molar-refractivity contribution is 6.03. The number of hydrogen-bond acceptors (Lipinski definition) is 4. The predicted molar refractivity (Wildman–Crippen MR) is 87.0 cm³/mol. The highest BCUT2D eigenvalue weighted by Gasteiger charge is 2.15. The van der Waals surface area contributed by atoms with E-state index in [1.54, 1.807) is 6.20 Å². The monoisotopic (exact) mass is 296 g/mol. The number of nitrogens with zero attached hydrogens (tertiary/aromatic N) is 2. The molecule has 1 saturated carbocycles. The molecule has 0 aliphatic heterocycles. The minimum absolute atomic E-state index is 0.241. The van der Waals surface area contributed by atoms with Crippen LogP contribution in [0.2, 0.25) is 0 Å². The Kier molecular flexibility index (Phi) is 4.32. The minimum Gasteiger partial charge on any atom is -0.366 e. The van der Waals surface area contributed by atoms with E-state index in [0.717, 1.165) is 17.1 Å². The lowest BCUT2D eigenvalue weighted by Crippen LogP contribution is -2.18. The van der Waals surface area contributed by atoms with Gasteiger partial charge in [-0.25, -0.2) is 9.97 Å². The van der Waals surface area contributed by atoms with Crippen molar-refractivity contribution in [3.63, 3.8) is 0 Å². The van der Waals surface area contributed by atoms with Crippen LogP contribution in [0.3, 0.4) is 0 Å². The summed E-state index contributed by atoms with van der Waals surface area (Å²) in [6, 6.07) is 8.14. The summed E-state index contributed by atoms with van der Waals surface area (Å²) in [6.45, 7) is 1.95. The molecule has 1 amide bonds. The van der Waals surface area contributed by atoms with Gasteiger partial charge in [0.2, 0.25) is 0 Å². The highest BCUT2D eigenvalue weighted by Crippen LogP contribution is 2.21. The molecule has 3 rings (SSSR count). The zero-order valence-corrected chi connectivity index (χ0v) is 12.7. The lowest BCUT2D eigenvalue weighted by molar-refractivity contribution is 0.102. The zero-order valence-electron chi connectivity index (χ0n) is 12.7. The Hall–Kier alpha value is -2.43. The Balaban J connectivity index is 1.64. The normalized spacial score (nSPS) is 14.8. The smallest absolute Gasteiger partial charge is 0.275 e. The Morgan fingerprint density at radius 1 is 1.14 bits per heavy atom. The van der Waals surface area contributed by atoms with Crippen molar-refractivity contribution >= 4 is 17.4 Å². The van der Waals surface area contributed by atoms with E-state index in [9.17, 15) is 4.79 Å².